The number of amides is 1. The van der Waals surface area contributed by atoms with Crippen LogP contribution in [0.1, 0.15) is 24.8 Å². The standard InChI is InChI=1S/C20H24BrN3O3S/c1-15-5-10-19(18(21)13-15)22-14-20(25)23-16-6-8-17(9-7-16)28(26,27)24-11-3-2-4-12-24/h5-10,13,22H,2-4,11-12,14H2,1H3,(H,23,25). The highest BCUT2D eigenvalue weighted by Crippen LogP contribution is 2.24. The second-order valence-corrected chi connectivity index (χ2v) is 9.67. The van der Waals surface area contributed by atoms with Gasteiger partial charge in [0.1, 0.15) is 0 Å². The lowest BCUT2D eigenvalue weighted by molar-refractivity contribution is -0.114. The van der Waals surface area contributed by atoms with Gasteiger partial charge in [0.2, 0.25) is 15.9 Å². The first kappa shape index (κ1) is 20.8. The number of nitrogens with zero attached hydrogens (tertiary/aromatic N) is 1. The average Bonchev–Trinajstić information content (AvgIpc) is 2.68. The number of benzene rings is 2. The Labute approximate surface area is 174 Å². The lowest BCUT2D eigenvalue weighted by Crippen LogP contribution is -2.35. The zero-order chi connectivity index (χ0) is 20.1. The van der Waals surface area contributed by atoms with E-state index in [1.54, 1.807) is 24.3 Å². The first-order valence-electron chi connectivity index (χ1n) is 9.26. The minimum absolute atomic E-state index is 0.107. The molecule has 0 bridgehead atoms. The molecule has 8 heteroatoms. The highest BCUT2D eigenvalue weighted by atomic mass is 79.9. The predicted octanol–water partition coefficient (Wildman–Crippen LogP) is 3.98. The summed E-state index contributed by atoms with van der Waals surface area (Å²) in [7, 11) is -3.46. The largest absolute Gasteiger partial charge is 0.375 e. The van der Waals surface area contributed by atoms with Crippen LogP contribution in [0.2, 0.25) is 0 Å². The number of carbonyl (C=O) groups excluding carboxylic acids is 1. The Balaban J connectivity index is 1.58. The molecule has 150 valence electrons. The van der Waals surface area contributed by atoms with Gasteiger partial charge in [0.15, 0.2) is 0 Å². The number of carbonyl (C=O) groups is 1. The third-order valence-electron chi connectivity index (χ3n) is 4.65. The van der Waals surface area contributed by atoms with E-state index in [2.05, 4.69) is 26.6 Å². The van der Waals surface area contributed by atoms with Gasteiger partial charge in [-0.05, 0) is 77.7 Å². The van der Waals surface area contributed by atoms with Crippen LogP contribution >= 0.6 is 15.9 Å². The van der Waals surface area contributed by atoms with Crippen molar-refractivity contribution in [2.45, 2.75) is 31.1 Å². The van der Waals surface area contributed by atoms with Crippen molar-refractivity contribution in [3.8, 4) is 0 Å². The number of piperidine rings is 1. The minimum Gasteiger partial charge on any atom is -0.375 e. The topological polar surface area (TPSA) is 78.5 Å². The van der Waals surface area contributed by atoms with Gasteiger partial charge in [-0.1, -0.05) is 12.5 Å². The summed E-state index contributed by atoms with van der Waals surface area (Å²) in [5.74, 6) is -0.209. The van der Waals surface area contributed by atoms with E-state index in [9.17, 15) is 13.2 Å². The van der Waals surface area contributed by atoms with Crippen molar-refractivity contribution in [3.05, 3.63) is 52.5 Å². The Morgan fingerprint density at radius 1 is 1.07 bits per heavy atom. The Morgan fingerprint density at radius 3 is 2.39 bits per heavy atom. The summed E-state index contributed by atoms with van der Waals surface area (Å²) in [6.07, 6.45) is 2.87. The van der Waals surface area contributed by atoms with E-state index in [1.165, 1.54) is 4.31 Å². The number of aryl methyl sites for hydroxylation is 1. The fourth-order valence-electron chi connectivity index (χ4n) is 3.11. The van der Waals surface area contributed by atoms with Crippen molar-refractivity contribution in [1.29, 1.82) is 0 Å². The van der Waals surface area contributed by atoms with Gasteiger partial charge >= 0.3 is 0 Å². The number of hydrogen-bond donors (Lipinski definition) is 2. The molecule has 0 radical (unpaired) electrons. The number of anilines is 2. The molecular formula is C20H24BrN3O3S. The zero-order valence-corrected chi connectivity index (χ0v) is 18.1. The van der Waals surface area contributed by atoms with E-state index >= 15 is 0 Å². The maximum Gasteiger partial charge on any atom is 0.243 e. The van der Waals surface area contributed by atoms with Crippen molar-refractivity contribution in [1.82, 2.24) is 4.31 Å². The zero-order valence-electron chi connectivity index (χ0n) is 15.7. The maximum atomic E-state index is 12.7. The quantitative estimate of drug-likeness (QED) is 0.675. The monoisotopic (exact) mass is 465 g/mol. The van der Waals surface area contributed by atoms with Gasteiger partial charge < -0.3 is 10.6 Å². The molecule has 0 aliphatic carbocycles. The molecule has 2 aromatic carbocycles. The van der Waals surface area contributed by atoms with Crippen molar-refractivity contribution in [2.24, 2.45) is 0 Å². The fraction of sp³-hybridized carbons (Fsp3) is 0.350. The molecule has 1 fully saturated rings. The molecule has 28 heavy (non-hydrogen) atoms. The van der Waals surface area contributed by atoms with Gasteiger partial charge in [0.05, 0.1) is 11.4 Å². The number of sulfonamides is 1. The van der Waals surface area contributed by atoms with E-state index in [1.807, 2.05) is 25.1 Å². The Morgan fingerprint density at radius 2 is 1.75 bits per heavy atom. The van der Waals surface area contributed by atoms with Crippen LogP contribution in [0, 0.1) is 6.92 Å². The molecule has 0 aromatic heterocycles. The molecule has 2 N–H and O–H groups in total. The van der Waals surface area contributed by atoms with Crippen LogP contribution in [-0.2, 0) is 14.8 Å². The van der Waals surface area contributed by atoms with Gasteiger partial charge in [-0.25, -0.2) is 8.42 Å². The molecular weight excluding hydrogens is 442 g/mol. The summed E-state index contributed by atoms with van der Waals surface area (Å²) < 4.78 is 27.8. The van der Waals surface area contributed by atoms with Crippen LogP contribution in [0.4, 0.5) is 11.4 Å². The van der Waals surface area contributed by atoms with Crippen molar-refractivity contribution < 1.29 is 13.2 Å². The number of rotatable bonds is 6. The molecule has 0 saturated carbocycles. The Bertz CT molecular complexity index is 940. The van der Waals surface area contributed by atoms with Crippen LogP contribution in [-0.4, -0.2) is 38.3 Å². The second-order valence-electron chi connectivity index (χ2n) is 6.87. The average molecular weight is 466 g/mol. The lowest BCUT2D eigenvalue weighted by Gasteiger charge is -2.25. The van der Waals surface area contributed by atoms with Crippen LogP contribution < -0.4 is 10.6 Å². The minimum atomic E-state index is -3.46. The maximum absolute atomic E-state index is 12.7. The van der Waals surface area contributed by atoms with Crippen molar-refractivity contribution in [3.63, 3.8) is 0 Å². The number of halogens is 1. The van der Waals surface area contributed by atoms with E-state index in [-0.39, 0.29) is 17.3 Å². The molecule has 2 aromatic rings. The van der Waals surface area contributed by atoms with Crippen molar-refractivity contribution >= 4 is 43.2 Å². The van der Waals surface area contributed by atoms with E-state index in [4.69, 9.17) is 0 Å². The van der Waals surface area contributed by atoms with Gasteiger partial charge in [-0.3, -0.25) is 4.79 Å². The third kappa shape index (κ3) is 5.12. The van der Waals surface area contributed by atoms with Crippen LogP contribution in [0.3, 0.4) is 0 Å². The van der Waals surface area contributed by atoms with Gasteiger partial charge in [0, 0.05) is 28.9 Å². The van der Waals surface area contributed by atoms with Crippen LogP contribution in [0.25, 0.3) is 0 Å². The molecule has 6 nitrogen and oxygen atoms in total. The molecule has 1 saturated heterocycles. The third-order valence-corrected chi connectivity index (χ3v) is 7.22. The Hall–Kier alpha value is -1.90. The summed E-state index contributed by atoms with van der Waals surface area (Å²) in [5.41, 5.74) is 2.53. The number of nitrogens with one attached hydrogen (secondary N) is 2. The molecule has 3 rings (SSSR count). The van der Waals surface area contributed by atoms with E-state index < -0.39 is 10.0 Å². The molecule has 1 aliphatic heterocycles. The number of hydrogen-bond acceptors (Lipinski definition) is 4. The molecule has 0 spiro atoms. The SMILES string of the molecule is Cc1ccc(NCC(=O)Nc2ccc(S(=O)(=O)N3CCCCC3)cc2)c(Br)c1. The second kappa shape index (κ2) is 9.07. The summed E-state index contributed by atoms with van der Waals surface area (Å²) in [6.45, 7) is 3.24. The van der Waals surface area contributed by atoms with Crippen LogP contribution in [0.15, 0.2) is 51.8 Å². The molecule has 1 aliphatic rings. The summed E-state index contributed by atoms with van der Waals surface area (Å²) in [6, 6.07) is 12.2. The van der Waals surface area contributed by atoms with Gasteiger partial charge in [-0.15, -0.1) is 0 Å². The van der Waals surface area contributed by atoms with Gasteiger partial charge in [0.25, 0.3) is 0 Å². The molecule has 0 atom stereocenters. The first-order chi connectivity index (χ1) is 13.4. The smallest absolute Gasteiger partial charge is 0.243 e. The van der Waals surface area contributed by atoms with Crippen molar-refractivity contribution in [2.75, 3.05) is 30.3 Å². The molecule has 1 heterocycles. The normalized spacial score (nSPS) is 15.2. The van der Waals surface area contributed by atoms with Crippen LogP contribution in [0.5, 0.6) is 0 Å². The fourth-order valence-corrected chi connectivity index (χ4v) is 5.26. The summed E-state index contributed by atoms with van der Waals surface area (Å²) >= 11 is 3.47. The van der Waals surface area contributed by atoms with Gasteiger partial charge in [-0.2, -0.15) is 4.31 Å². The summed E-state index contributed by atoms with van der Waals surface area (Å²) in [5, 5.41) is 5.85. The molecule has 0 unspecified atom stereocenters. The Kier molecular flexibility index (Phi) is 6.74. The van der Waals surface area contributed by atoms with E-state index in [0.29, 0.717) is 18.8 Å². The highest BCUT2D eigenvalue weighted by molar-refractivity contribution is 9.10. The summed E-state index contributed by atoms with van der Waals surface area (Å²) in [4.78, 5) is 12.4. The highest BCUT2D eigenvalue weighted by Gasteiger charge is 2.25. The lowest BCUT2D eigenvalue weighted by atomic mass is 10.2. The van der Waals surface area contributed by atoms with E-state index in [0.717, 1.165) is 35.0 Å². The molecule has 1 amide bonds. The predicted molar refractivity (Wildman–Crippen MR) is 115 cm³/mol. The first-order valence-corrected chi connectivity index (χ1v) is 11.5.